The maximum atomic E-state index is 11.5. The molecule has 0 saturated heterocycles. The van der Waals surface area contributed by atoms with E-state index in [1.165, 1.54) is 7.11 Å². The molecule has 72 valence electrons. The summed E-state index contributed by atoms with van der Waals surface area (Å²) in [6.07, 6.45) is 0.885. The molecule has 0 aromatic carbocycles. The molecule has 0 atom stereocenters. The van der Waals surface area contributed by atoms with Gasteiger partial charge in [-0.15, -0.1) is 4.99 Å². The van der Waals surface area contributed by atoms with Crippen LogP contribution in [0.4, 0.5) is 8.78 Å². The monoisotopic (exact) mass is 206 g/mol. The van der Waals surface area contributed by atoms with Gasteiger partial charge in [0.1, 0.15) is 0 Å². The van der Waals surface area contributed by atoms with E-state index in [0.717, 1.165) is 17.8 Å². The third kappa shape index (κ3) is 7.28. The summed E-state index contributed by atoms with van der Waals surface area (Å²) >= 11 is 1.12. The number of hydrogen-bond donors (Lipinski definition) is 0. The SMILES string of the molecule is CO/C(=N/C#N)SCCC=C(F)F. The summed E-state index contributed by atoms with van der Waals surface area (Å²) in [6.45, 7) is 0. The Morgan fingerprint density at radius 3 is 2.85 bits per heavy atom. The van der Waals surface area contributed by atoms with Crippen LogP contribution < -0.4 is 0 Å². The number of nitriles is 1. The van der Waals surface area contributed by atoms with E-state index in [0.29, 0.717) is 5.75 Å². The lowest BCUT2D eigenvalue weighted by Gasteiger charge is -1.98. The molecule has 0 fully saturated rings. The molecule has 0 spiro atoms. The summed E-state index contributed by atoms with van der Waals surface area (Å²) in [5.41, 5.74) is 0. The number of aliphatic imine (C=N–C) groups is 1. The molecule has 0 N–H and O–H groups in total. The molecule has 0 amide bonds. The number of hydrogen-bond acceptors (Lipinski definition) is 4. The first kappa shape index (κ1) is 11.9. The Labute approximate surface area is 79.1 Å². The van der Waals surface area contributed by atoms with Crippen molar-refractivity contribution in [2.75, 3.05) is 12.9 Å². The Balaban J connectivity index is 3.70. The molecule has 0 unspecified atom stereocenters. The van der Waals surface area contributed by atoms with Gasteiger partial charge in [-0.05, 0) is 12.5 Å². The fourth-order valence-electron chi connectivity index (χ4n) is 0.492. The van der Waals surface area contributed by atoms with Crippen molar-refractivity contribution in [2.24, 2.45) is 4.99 Å². The highest BCUT2D eigenvalue weighted by Gasteiger charge is 1.98. The van der Waals surface area contributed by atoms with Gasteiger partial charge in [-0.25, -0.2) is 0 Å². The van der Waals surface area contributed by atoms with E-state index in [2.05, 4.69) is 9.73 Å². The summed E-state index contributed by atoms with van der Waals surface area (Å²) in [5.74, 6) is 0.408. The minimum Gasteiger partial charge on any atom is -0.476 e. The van der Waals surface area contributed by atoms with Gasteiger partial charge in [0.15, 0.2) is 0 Å². The third-order valence-corrected chi connectivity index (χ3v) is 1.90. The first-order valence-corrected chi connectivity index (χ1v) is 4.34. The Morgan fingerprint density at radius 2 is 2.38 bits per heavy atom. The number of halogens is 2. The van der Waals surface area contributed by atoms with Crippen LogP contribution >= 0.6 is 11.8 Å². The Morgan fingerprint density at radius 1 is 1.69 bits per heavy atom. The molecule has 0 aliphatic rings. The summed E-state index contributed by atoms with van der Waals surface area (Å²) in [5, 5.41) is 8.34. The van der Waals surface area contributed by atoms with Gasteiger partial charge < -0.3 is 4.74 Å². The first-order chi connectivity index (χ1) is 6.20. The minimum atomic E-state index is -1.70. The van der Waals surface area contributed by atoms with Gasteiger partial charge in [0.25, 0.3) is 11.3 Å². The van der Waals surface area contributed by atoms with Crippen molar-refractivity contribution in [1.82, 2.24) is 0 Å². The van der Waals surface area contributed by atoms with Gasteiger partial charge in [0.05, 0.1) is 7.11 Å². The van der Waals surface area contributed by atoms with Crippen molar-refractivity contribution < 1.29 is 13.5 Å². The van der Waals surface area contributed by atoms with E-state index in [1.54, 1.807) is 6.19 Å². The van der Waals surface area contributed by atoms with Gasteiger partial charge in [-0.1, -0.05) is 11.8 Å². The molecule has 0 aliphatic carbocycles. The molecule has 6 heteroatoms. The second-order valence-corrected chi connectivity index (χ2v) is 2.86. The van der Waals surface area contributed by atoms with E-state index in [4.69, 9.17) is 5.26 Å². The highest BCUT2D eigenvalue weighted by atomic mass is 32.2. The van der Waals surface area contributed by atoms with Gasteiger partial charge in [-0.3, -0.25) is 0 Å². The van der Waals surface area contributed by atoms with Crippen LogP contribution in [-0.4, -0.2) is 18.1 Å². The van der Waals surface area contributed by atoms with Crippen LogP contribution in [0, 0.1) is 11.5 Å². The maximum Gasteiger partial charge on any atom is 0.266 e. The van der Waals surface area contributed by atoms with Gasteiger partial charge >= 0.3 is 0 Å². The Kier molecular flexibility index (Phi) is 6.92. The highest BCUT2D eigenvalue weighted by Crippen LogP contribution is 2.09. The van der Waals surface area contributed by atoms with Crippen molar-refractivity contribution in [3.8, 4) is 6.19 Å². The second kappa shape index (κ2) is 7.55. The number of methoxy groups -OCH3 is 1. The van der Waals surface area contributed by atoms with Crippen LogP contribution in [0.2, 0.25) is 0 Å². The molecule has 0 saturated carbocycles. The number of thioether (sulfide) groups is 1. The molecule has 0 rings (SSSR count). The molecule has 0 heterocycles. The Hall–Kier alpha value is -1.09. The van der Waals surface area contributed by atoms with Crippen molar-refractivity contribution in [1.29, 1.82) is 5.26 Å². The van der Waals surface area contributed by atoms with Crippen LogP contribution in [0.3, 0.4) is 0 Å². The van der Waals surface area contributed by atoms with Crippen LogP contribution in [0.1, 0.15) is 6.42 Å². The van der Waals surface area contributed by atoms with E-state index in [1.807, 2.05) is 0 Å². The minimum absolute atomic E-state index is 0.190. The molecule has 0 aromatic heterocycles. The fraction of sp³-hybridized carbons (Fsp3) is 0.429. The van der Waals surface area contributed by atoms with Crippen LogP contribution in [0.25, 0.3) is 0 Å². The van der Waals surface area contributed by atoms with Crippen LogP contribution in [0.5, 0.6) is 0 Å². The number of rotatable bonds is 3. The lowest BCUT2D eigenvalue weighted by molar-refractivity contribution is 0.415. The zero-order valence-electron chi connectivity index (χ0n) is 6.96. The molecule has 0 radical (unpaired) electrons. The number of allylic oxidation sites excluding steroid dienone is 1. The van der Waals surface area contributed by atoms with E-state index < -0.39 is 6.08 Å². The van der Waals surface area contributed by atoms with Crippen LogP contribution in [0.15, 0.2) is 17.1 Å². The molecule has 0 aromatic rings. The molecule has 0 bridgehead atoms. The highest BCUT2D eigenvalue weighted by molar-refractivity contribution is 8.13. The largest absolute Gasteiger partial charge is 0.476 e. The standard InChI is InChI=1S/C7H8F2N2OS/c1-12-7(11-5-10)13-4-2-3-6(8)9/h3H,2,4H2,1H3/b11-7-. The number of nitrogens with zero attached hydrogens (tertiary/aromatic N) is 2. The summed E-state index contributed by atoms with van der Waals surface area (Å²) < 4.78 is 27.7. The molecule has 13 heavy (non-hydrogen) atoms. The quantitative estimate of drug-likeness (QED) is 0.308. The second-order valence-electron chi connectivity index (χ2n) is 1.81. The topological polar surface area (TPSA) is 45.4 Å². The predicted octanol–water partition coefficient (Wildman–Crippen LogP) is 2.37. The lowest BCUT2D eigenvalue weighted by atomic mass is 10.5. The zero-order valence-corrected chi connectivity index (χ0v) is 7.77. The third-order valence-electron chi connectivity index (χ3n) is 0.958. The lowest BCUT2D eigenvalue weighted by Crippen LogP contribution is -1.95. The molecular weight excluding hydrogens is 198 g/mol. The van der Waals surface area contributed by atoms with Crippen molar-refractivity contribution in [3.05, 3.63) is 12.2 Å². The fourth-order valence-corrected chi connectivity index (χ4v) is 1.13. The first-order valence-electron chi connectivity index (χ1n) is 3.35. The summed E-state index contributed by atoms with van der Waals surface area (Å²) in [4.78, 5) is 3.31. The zero-order chi connectivity index (χ0) is 10.1. The van der Waals surface area contributed by atoms with E-state index >= 15 is 0 Å². The maximum absolute atomic E-state index is 11.5. The van der Waals surface area contributed by atoms with Crippen molar-refractivity contribution in [2.45, 2.75) is 6.42 Å². The number of ether oxygens (including phenoxy) is 1. The van der Waals surface area contributed by atoms with Crippen molar-refractivity contribution >= 4 is 17.0 Å². The Bertz CT molecular complexity index is 243. The smallest absolute Gasteiger partial charge is 0.266 e. The predicted molar refractivity (Wildman–Crippen MR) is 47.4 cm³/mol. The average Bonchev–Trinajstić information content (AvgIpc) is 2.10. The van der Waals surface area contributed by atoms with Gasteiger partial charge in [0, 0.05) is 5.75 Å². The molecular formula is C7H8F2N2OS. The average molecular weight is 206 g/mol. The van der Waals surface area contributed by atoms with E-state index in [9.17, 15) is 8.78 Å². The molecule has 3 nitrogen and oxygen atoms in total. The summed E-state index contributed by atoms with van der Waals surface area (Å²) in [7, 11) is 1.37. The van der Waals surface area contributed by atoms with E-state index in [-0.39, 0.29) is 11.7 Å². The van der Waals surface area contributed by atoms with Gasteiger partial charge in [-0.2, -0.15) is 14.0 Å². The summed E-state index contributed by atoms with van der Waals surface area (Å²) in [6, 6.07) is 0. The normalized spacial score (nSPS) is 10.5. The van der Waals surface area contributed by atoms with Crippen molar-refractivity contribution in [3.63, 3.8) is 0 Å². The molecule has 0 aliphatic heterocycles. The van der Waals surface area contributed by atoms with Gasteiger partial charge in [0.2, 0.25) is 6.19 Å². The van der Waals surface area contributed by atoms with Crippen LogP contribution in [-0.2, 0) is 4.74 Å².